The molecule has 0 unspecified atom stereocenters. The number of nitrogens with zero attached hydrogens (tertiary/aromatic N) is 2. The monoisotopic (exact) mass is 272 g/mol. The first-order valence-electron chi connectivity index (χ1n) is 7.62. The molecule has 0 aliphatic carbocycles. The standard InChI is InChI=1S/C14H32N4O/c1-4-17(5-2)12-9-13-18(6-3)11-8-7-10-14(19)16-15/h4-13,15H2,1-3H3,(H,16,19). The Morgan fingerprint density at radius 3 is 1.95 bits per heavy atom. The first-order chi connectivity index (χ1) is 9.17. The Bertz CT molecular complexity index is 219. The van der Waals surface area contributed by atoms with Crippen LogP contribution >= 0.6 is 0 Å². The molecule has 0 saturated carbocycles. The van der Waals surface area contributed by atoms with Crippen LogP contribution in [0.15, 0.2) is 0 Å². The zero-order valence-corrected chi connectivity index (χ0v) is 13.0. The molecule has 0 saturated heterocycles. The quantitative estimate of drug-likeness (QED) is 0.242. The van der Waals surface area contributed by atoms with E-state index in [1.165, 1.54) is 13.0 Å². The number of rotatable bonds is 12. The van der Waals surface area contributed by atoms with Crippen molar-refractivity contribution in [2.45, 2.75) is 46.5 Å². The predicted molar refractivity (Wildman–Crippen MR) is 80.7 cm³/mol. The molecule has 19 heavy (non-hydrogen) atoms. The van der Waals surface area contributed by atoms with Crippen LogP contribution in [0, 0.1) is 0 Å². The zero-order chi connectivity index (χ0) is 14.5. The molecule has 0 aliphatic rings. The van der Waals surface area contributed by atoms with Crippen LogP contribution in [-0.2, 0) is 4.79 Å². The van der Waals surface area contributed by atoms with Gasteiger partial charge in [0.25, 0.3) is 0 Å². The Kier molecular flexibility index (Phi) is 12.0. The molecular weight excluding hydrogens is 240 g/mol. The number of unbranched alkanes of at least 4 members (excludes halogenated alkanes) is 1. The van der Waals surface area contributed by atoms with E-state index in [0.717, 1.165) is 45.6 Å². The lowest BCUT2D eigenvalue weighted by Gasteiger charge is -2.23. The van der Waals surface area contributed by atoms with Gasteiger partial charge in [0, 0.05) is 6.42 Å². The maximum Gasteiger partial charge on any atom is 0.233 e. The van der Waals surface area contributed by atoms with E-state index in [1.54, 1.807) is 0 Å². The predicted octanol–water partition coefficient (Wildman–Crippen LogP) is 1.20. The smallest absolute Gasteiger partial charge is 0.233 e. The van der Waals surface area contributed by atoms with Crippen LogP contribution in [0.3, 0.4) is 0 Å². The van der Waals surface area contributed by atoms with Gasteiger partial charge >= 0.3 is 0 Å². The fraction of sp³-hybridized carbons (Fsp3) is 0.929. The summed E-state index contributed by atoms with van der Waals surface area (Å²) in [6.45, 7) is 13.4. The van der Waals surface area contributed by atoms with Gasteiger partial charge in [0.2, 0.25) is 5.91 Å². The molecule has 0 bridgehead atoms. The molecule has 0 spiro atoms. The molecule has 3 N–H and O–H groups in total. The van der Waals surface area contributed by atoms with Gasteiger partial charge in [-0.2, -0.15) is 0 Å². The van der Waals surface area contributed by atoms with Crippen molar-refractivity contribution in [1.82, 2.24) is 15.2 Å². The summed E-state index contributed by atoms with van der Waals surface area (Å²) in [6.07, 6.45) is 3.73. The fourth-order valence-electron chi connectivity index (χ4n) is 2.18. The second kappa shape index (κ2) is 12.4. The molecule has 0 radical (unpaired) electrons. The van der Waals surface area contributed by atoms with Crippen molar-refractivity contribution >= 4 is 5.91 Å². The van der Waals surface area contributed by atoms with E-state index in [1.807, 2.05) is 0 Å². The summed E-state index contributed by atoms with van der Waals surface area (Å²) in [5.41, 5.74) is 2.17. The average molecular weight is 272 g/mol. The molecule has 0 aromatic heterocycles. The van der Waals surface area contributed by atoms with Gasteiger partial charge in [0.1, 0.15) is 0 Å². The minimum Gasteiger partial charge on any atom is -0.304 e. The number of carbonyl (C=O) groups is 1. The third-order valence-corrected chi connectivity index (χ3v) is 3.58. The highest BCUT2D eigenvalue weighted by molar-refractivity contribution is 5.75. The number of hydrazine groups is 1. The van der Waals surface area contributed by atoms with E-state index < -0.39 is 0 Å². The molecule has 0 heterocycles. The van der Waals surface area contributed by atoms with Gasteiger partial charge < -0.3 is 9.80 Å². The van der Waals surface area contributed by atoms with Crippen molar-refractivity contribution in [3.05, 3.63) is 0 Å². The van der Waals surface area contributed by atoms with Crippen LogP contribution in [0.1, 0.15) is 46.5 Å². The van der Waals surface area contributed by atoms with E-state index >= 15 is 0 Å². The second-order valence-electron chi connectivity index (χ2n) is 4.84. The highest BCUT2D eigenvalue weighted by atomic mass is 16.2. The number of nitrogens with one attached hydrogen (secondary N) is 1. The summed E-state index contributed by atoms with van der Waals surface area (Å²) in [5.74, 6) is 4.98. The SMILES string of the molecule is CCN(CC)CCCN(CC)CCCCC(=O)NN. The second-order valence-corrected chi connectivity index (χ2v) is 4.84. The highest BCUT2D eigenvalue weighted by Crippen LogP contribution is 2.01. The molecule has 5 heteroatoms. The van der Waals surface area contributed by atoms with Gasteiger partial charge in [-0.15, -0.1) is 0 Å². The number of nitrogens with two attached hydrogens (primary N) is 1. The summed E-state index contributed by atoms with van der Waals surface area (Å²) in [5, 5.41) is 0. The lowest BCUT2D eigenvalue weighted by Crippen LogP contribution is -2.31. The van der Waals surface area contributed by atoms with E-state index in [0.29, 0.717) is 6.42 Å². The largest absolute Gasteiger partial charge is 0.304 e. The number of amides is 1. The number of carbonyl (C=O) groups excluding carboxylic acids is 1. The van der Waals surface area contributed by atoms with Crippen LogP contribution < -0.4 is 11.3 Å². The first-order valence-corrected chi connectivity index (χ1v) is 7.62. The Morgan fingerprint density at radius 2 is 1.42 bits per heavy atom. The topological polar surface area (TPSA) is 61.6 Å². The van der Waals surface area contributed by atoms with Crippen molar-refractivity contribution in [2.75, 3.05) is 39.3 Å². The van der Waals surface area contributed by atoms with E-state index in [-0.39, 0.29) is 5.91 Å². The Labute approximate surface area is 118 Å². The van der Waals surface area contributed by atoms with Gasteiger partial charge in [0.05, 0.1) is 0 Å². The molecule has 0 aromatic carbocycles. The molecule has 114 valence electrons. The van der Waals surface area contributed by atoms with Crippen molar-refractivity contribution in [3.63, 3.8) is 0 Å². The van der Waals surface area contributed by atoms with Gasteiger partial charge in [0.15, 0.2) is 0 Å². The minimum absolute atomic E-state index is 0.0652. The summed E-state index contributed by atoms with van der Waals surface area (Å²) in [7, 11) is 0. The van der Waals surface area contributed by atoms with E-state index in [4.69, 9.17) is 5.84 Å². The van der Waals surface area contributed by atoms with Crippen molar-refractivity contribution in [3.8, 4) is 0 Å². The number of hydrogen-bond acceptors (Lipinski definition) is 4. The molecule has 0 aromatic rings. The lowest BCUT2D eigenvalue weighted by atomic mass is 10.2. The number of hydrogen-bond donors (Lipinski definition) is 2. The van der Waals surface area contributed by atoms with Crippen LogP contribution in [0.2, 0.25) is 0 Å². The Morgan fingerprint density at radius 1 is 0.895 bits per heavy atom. The molecule has 5 nitrogen and oxygen atoms in total. The van der Waals surface area contributed by atoms with Gasteiger partial charge in [-0.05, 0) is 58.5 Å². The van der Waals surface area contributed by atoms with Crippen LogP contribution in [0.5, 0.6) is 0 Å². The third kappa shape index (κ3) is 9.87. The molecular formula is C14H32N4O. The lowest BCUT2D eigenvalue weighted by molar-refractivity contribution is -0.121. The summed E-state index contributed by atoms with van der Waals surface area (Å²) < 4.78 is 0. The van der Waals surface area contributed by atoms with Crippen LogP contribution in [-0.4, -0.2) is 55.0 Å². The third-order valence-electron chi connectivity index (χ3n) is 3.58. The van der Waals surface area contributed by atoms with Crippen LogP contribution in [0.25, 0.3) is 0 Å². The van der Waals surface area contributed by atoms with Crippen molar-refractivity contribution < 1.29 is 4.79 Å². The molecule has 0 aliphatic heterocycles. The maximum atomic E-state index is 11.0. The minimum atomic E-state index is -0.0652. The summed E-state index contributed by atoms with van der Waals surface area (Å²) in [4.78, 5) is 15.9. The Hall–Kier alpha value is -0.650. The Balaban J connectivity index is 3.62. The van der Waals surface area contributed by atoms with Crippen molar-refractivity contribution in [1.29, 1.82) is 0 Å². The summed E-state index contributed by atoms with van der Waals surface area (Å²) >= 11 is 0. The van der Waals surface area contributed by atoms with E-state index in [9.17, 15) is 4.79 Å². The van der Waals surface area contributed by atoms with Gasteiger partial charge in [-0.1, -0.05) is 20.8 Å². The normalized spacial score (nSPS) is 11.3. The summed E-state index contributed by atoms with van der Waals surface area (Å²) in [6, 6.07) is 0. The molecule has 0 fully saturated rings. The van der Waals surface area contributed by atoms with Crippen LogP contribution in [0.4, 0.5) is 0 Å². The molecule has 0 rings (SSSR count). The van der Waals surface area contributed by atoms with Gasteiger partial charge in [-0.3, -0.25) is 10.2 Å². The fourth-order valence-corrected chi connectivity index (χ4v) is 2.18. The van der Waals surface area contributed by atoms with E-state index in [2.05, 4.69) is 36.0 Å². The average Bonchev–Trinajstić information content (AvgIpc) is 2.45. The zero-order valence-electron chi connectivity index (χ0n) is 13.0. The van der Waals surface area contributed by atoms with Gasteiger partial charge in [-0.25, -0.2) is 5.84 Å². The maximum absolute atomic E-state index is 11.0. The molecule has 1 amide bonds. The van der Waals surface area contributed by atoms with Crippen molar-refractivity contribution in [2.24, 2.45) is 5.84 Å². The molecule has 0 atom stereocenters. The highest BCUT2D eigenvalue weighted by Gasteiger charge is 2.05. The first kappa shape index (κ1) is 18.4.